The number of H-pyrrole nitrogens is 1. The van der Waals surface area contributed by atoms with Crippen LogP contribution in [0, 0.1) is 13.8 Å². The molecule has 3 heterocycles. The molecule has 24 heavy (non-hydrogen) atoms. The van der Waals surface area contributed by atoms with Crippen LogP contribution < -0.4 is 10.9 Å². The van der Waals surface area contributed by atoms with Gasteiger partial charge in [0.2, 0.25) is 0 Å². The van der Waals surface area contributed by atoms with E-state index < -0.39 is 0 Å². The van der Waals surface area contributed by atoms with Crippen LogP contribution >= 0.6 is 0 Å². The molecule has 0 bridgehead atoms. The lowest BCUT2D eigenvalue weighted by Crippen LogP contribution is -2.33. The minimum absolute atomic E-state index is 0.0141. The summed E-state index contributed by atoms with van der Waals surface area (Å²) in [7, 11) is 1.95. The van der Waals surface area contributed by atoms with Crippen LogP contribution in [0.5, 0.6) is 0 Å². The van der Waals surface area contributed by atoms with Crippen molar-refractivity contribution in [3.05, 3.63) is 44.9 Å². The van der Waals surface area contributed by atoms with E-state index in [0.717, 1.165) is 42.1 Å². The van der Waals surface area contributed by atoms with E-state index in [0.29, 0.717) is 12.4 Å². The van der Waals surface area contributed by atoms with Crippen molar-refractivity contribution in [3.63, 3.8) is 0 Å². The molecule has 0 saturated carbocycles. The summed E-state index contributed by atoms with van der Waals surface area (Å²) in [4.78, 5) is 19.0. The standard InChI is InChI=1S/C17H25N5O2/c1-5-12-8-15(23)20-14(19-12)9-18-13-6-7-24-17(13)16-10(2)21-22(4)11(16)3/h8,13,17-18H,5-7,9H2,1-4H3,(H,19,20,23)/t13-,17-/m0/s1. The summed E-state index contributed by atoms with van der Waals surface area (Å²) in [6.45, 7) is 7.32. The number of aromatic nitrogens is 4. The first-order valence-electron chi connectivity index (χ1n) is 8.43. The van der Waals surface area contributed by atoms with E-state index in [-0.39, 0.29) is 17.7 Å². The molecule has 7 heteroatoms. The first-order chi connectivity index (χ1) is 11.5. The van der Waals surface area contributed by atoms with Crippen LogP contribution in [0.4, 0.5) is 0 Å². The van der Waals surface area contributed by atoms with Gasteiger partial charge in [0.15, 0.2) is 0 Å². The van der Waals surface area contributed by atoms with Crippen molar-refractivity contribution in [3.8, 4) is 0 Å². The minimum Gasteiger partial charge on any atom is -0.372 e. The average molecular weight is 331 g/mol. The van der Waals surface area contributed by atoms with E-state index in [1.165, 1.54) is 0 Å². The molecule has 2 atom stereocenters. The van der Waals surface area contributed by atoms with Gasteiger partial charge in [0.1, 0.15) is 11.9 Å². The van der Waals surface area contributed by atoms with Crippen molar-refractivity contribution < 1.29 is 4.74 Å². The van der Waals surface area contributed by atoms with Gasteiger partial charge in [-0.1, -0.05) is 6.92 Å². The Labute approximate surface area is 141 Å². The zero-order chi connectivity index (χ0) is 17.3. The quantitative estimate of drug-likeness (QED) is 0.863. The number of hydrogen-bond donors (Lipinski definition) is 2. The maximum absolute atomic E-state index is 11.7. The third-order valence-electron chi connectivity index (χ3n) is 4.68. The predicted octanol–water partition coefficient (Wildman–Crippen LogP) is 1.30. The van der Waals surface area contributed by atoms with Gasteiger partial charge < -0.3 is 15.0 Å². The smallest absolute Gasteiger partial charge is 0.251 e. The summed E-state index contributed by atoms with van der Waals surface area (Å²) in [5.41, 5.74) is 4.01. The molecule has 1 aliphatic heterocycles. The second kappa shape index (κ2) is 6.86. The van der Waals surface area contributed by atoms with Crippen molar-refractivity contribution in [2.75, 3.05) is 6.61 Å². The highest BCUT2D eigenvalue weighted by atomic mass is 16.5. The second-order valence-electron chi connectivity index (χ2n) is 6.31. The maximum Gasteiger partial charge on any atom is 0.251 e. The van der Waals surface area contributed by atoms with Crippen LogP contribution in [0.1, 0.15) is 47.9 Å². The molecule has 1 aliphatic rings. The third-order valence-corrected chi connectivity index (χ3v) is 4.68. The van der Waals surface area contributed by atoms with Gasteiger partial charge in [0.25, 0.3) is 5.56 Å². The zero-order valence-electron chi connectivity index (χ0n) is 14.7. The van der Waals surface area contributed by atoms with Crippen molar-refractivity contribution in [1.29, 1.82) is 0 Å². The Hall–Kier alpha value is -1.99. The highest BCUT2D eigenvalue weighted by Gasteiger charge is 2.33. The molecular formula is C17H25N5O2. The van der Waals surface area contributed by atoms with E-state index in [1.54, 1.807) is 6.07 Å². The third kappa shape index (κ3) is 3.27. The molecule has 3 rings (SSSR count). The fourth-order valence-electron chi connectivity index (χ4n) is 3.34. The monoisotopic (exact) mass is 331 g/mol. The summed E-state index contributed by atoms with van der Waals surface area (Å²) >= 11 is 0. The van der Waals surface area contributed by atoms with Gasteiger partial charge in [-0.2, -0.15) is 5.10 Å². The van der Waals surface area contributed by atoms with Crippen LogP contribution in [0.15, 0.2) is 10.9 Å². The number of rotatable bonds is 5. The summed E-state index contributed by atoms with van der Waals surface area (Å²) in [5, 5.41) is 7.99. The van der Waals surface area contributed by atoms with Gasteiger partial charge in [-0.05, 0) is 26.7 Å². The minimum atomic E-state index is -0.100. The maximum atomic E-state index is 11.7. The Kier molecular flexibility index (Phi) is 4.82. The van der Waals surface area contributed by atoms with E-state index in [2.05, 4.69) is 27.3 Å². The Morgan fingerprint density at radius 1 is 1.46 bits per heavy atom. The number of aromatic amines is 1. The molecule has 2 N–H and O–H groups in total. The Balaban J connectivity index is 1.75. The molecular weight excluding hydrogens is 306 g/mol. The lowest BCUT2D eigenvalue weighted by atomic mass is 10.0. The summed E-state index contributed by atoms with van der Waals surface area (Å²) in [6.07, 6.45) is 1.66. The number of aryl methyl sites for hydroxylation is 3. The molecule has 1 fully saturated rings. The summed E-state index contributed by atoms with van der Waals surface area (Å²) < 4.78 is 7.87. The number of hydrogen-bond acceptors (Lipinski definition) is 5. The van der Waals surface area contributed by atoms with Crippen LogP contribution in [0.2, 0.25) is 0 Å². The highest BCUT2D eigenvalue weighted by Crippen LogP contribution is 2.33. The van der Waals surface area contributed by atoms with Gasteiger partial charge >= 0.3 is 0 Å². The highest BCUT2D eigenvalue weighted by molar-refractivity contribution is 5.29. The summed E-state index contributed by atoms with van der Waals surface area (Å²) in [6, 6.07) is 1.73. The van der Waals surface area contributed by atoms with E-state index in [4.69, 9.17) is 4.74 Å². The van der Waals surface area contributed by atoms with Crippen LogP contribution in [0.3, 0.4) is 0 Å². The van der Waals surface area contributed by atoms with Crippen molar-refractivity contribution in [2.24, 2.45) is 7.05 Å². The Morgan fingerprint density at radius 2 is 2.25 bits per heavy atom. The topological polar surface area (TPSA) is 84.8 Å². The zero-order valence-corrected chi connectivity index (χ0v) is 14.7. The average Bonchev–Trinajstić information content (AvgIpc) is 3.09. The first-order valence-corrected chi connectivity index (χ1v) is 8.43. The molecule has 7 nitrogen and oxygen atoms in total. The molecule has 0 unspecified atom stereocenters. The second-order valence-corrected chi connectivity index (χ2v) is 6.31. The normalized spacial score (nSPS) is 20.7. The van der Waals surface area contributed by atoms with Crippen LogP contribution in [-0.2, 0) is 24.8 Å². The van der Waals surface area contributed by atoms with Gasteiger partial charge in [0.05, 0.1) is 12.2 Å². The van der Waals surface area contributed by atoms with E-state index in [9.17, 15) is 4.79 Å². The molecule has 1 saturated heterocycles. The lowest BCUT2D eigenvalue weighted by Gasteiger charge is -2.20. The molecule has 2 aromatic rings. The molecule has 0 spiro atoms. The molecule has 0 aliphatic carbocycles. The van der Waals surface area contributed by atoms with Gasteiger partial charge in [-0.3, -0.25) is 9.48 Å². The predicted molar refractivity (Wildman–Crippen MR) is 90.9 cm³/mol. The molecule has 0 amide bonds. The van der Waals surface area contributed by atoms with Crippen molar-refractivity contribution >= 4 is 0 Å². The molecule has 0 aromatic carbocycles. The van der Waals surface area contributed by atoms with E-state index in [1.807, 2.05) is 25.6 Å². The summed E-state index contributed by atoms with van der Waals surface area (Å²) in [5.74, 6) is 0.671. The van der Waals surface area contributed by atoms with Crippen molar-refractivity contribution in [2.45, 2.75) is 52.3 Å². The first kappa shape index (κ1) is 16.9. The number of ether oxygens (including phenoxy) is 1. The van der Waals surface area contributed by atoms with Crippen molar-refractivity contribution in [1.82, 2.24) is 25.1 Å². The van der Waals surface area contributed by atoms with Gasteiger partial charge in [-0.25, -0.2) is 4.98 Å². The van der Waals surface area contributed by atoms with Crippen LogP contribution in [-0.4, -0.2) is 32.4 Å². The SMILES string of the molecule is CCc1cc(=O)[nH]c(CN[C@H]2CCO[C@@H]2c2c(C)nn(C)c2C)n1. The fraction of sp³-hybridized carbons (Fsp3) is 0.588. The largest absolute Gasteiger partial charge is 0.372 e. The number of nitrogens with one attached hydrogen (secondary N) is 2. The Morgan fingerprint density at radius 3 is 2.92 bits per heavy atom. The van der Waals surface area contributed by atoms with E-state index >= 15 is 0 Å². The van der Waals surface area contributed by atoms with Gasteiger partial charge in [0, 0.05) is 42.7 Å². The fourth-order valence-corrected chi connectivity index (χ4v) is 3.34. The molecule has 2 aromatic heterocycles. The number of nitrogens with zero attached hydrogens (tertiary/aromatic N) is 3. The molecule has 0 radical (unpaired) electrons. The van der Waals surface area contributed by atoms with Gasteiger partial charge in [-0.15, -0.1) is 0 Å². The molecule has 130 valence electrons. The van der Waals surface area contributed by atoms with Crippen LogP contribution in [0.25, 0.3) is 0 Å². The lowest BCUT2D eigenvalue weighted by molar-refractivity contribution is 0.0973. The Bertz CT molecular complexity index is 780.